The number of amides is 1. The van der Waals surface area contributed by atoms with Crippen molar-refractivity contribution in [3.05, 3.63) is 22.4 Å². The van der Waals surface area contributed by atoms with E-state index >= 15 is 0 Å². The van der Waals surface area contributed by atoms with E-state index in [-0.39, 0.29) is 36.4 Å². The van der Waals surface area contributed by atoms with Gasteiger partial charge in [0.25, 0.3) is 0 Å². The molecule has 0 saturated carbocycles. The van der Waals surface area contributed by atoms with Crippen LogP contribution in [0.4, 0.5) is 0 Å². The third-order valence-electron chi connectivity index (χ3n) is 2.48. The Hall–Kier alpha value is -0.870. The summed E-state index contributed by atoms with van der Waals surface area (Å²) in [6.07, 6.45) is 0. The fraction of sp³-hybridized carbons (Fsp3) is 0.538. The molecule has 0 saturated heterocycles. The topological polar surface area (TPSA) is 66.0 Å². The number of methoxy groups -OCH3 is 1. The van der Waals surface area contributed by atoms with Crippen LogP contribution < -0.4 is 10.6 Å². The molecule has 0 radical (unpaired) electrons. The molecule has 0 bridgehead atoms. The number of nitrogens with one attached hydrogen (secondary N) is 2. The van der Waals surface area contributed by atoms with Crippen molar-refractivity contribution in [3.63, 3.8) is 0 Å². The van der Waals surface area contributed by atoms with E-state index in [1.54, 1.807) is 32.5 Å². The number of aliphatic imine (C=N–C) groups is 1. The van der Waals surface area contributed by atoms with Gasteiger partial charge in [0.15, 0.2) is 5.96 Å². The Kier molecular flexibility index (Phi) is 11.3. The third kappa shape index (κ3) is 8.89. The molecule has 0 unspecified atom stereocenters. The van der Waals surface area contributed by atoms with Crippen LogP contribution >= 0.6 is 35.3 Å². The molecule has 1 aromatic heterocycles. The Bertz CT molecular complexity index is 424. The number of likely N-dealkylation sites (N-methyl/N-ethyl adjacent to an activating group) is 1. The largest absolute Gasteiger partial charge is 0.383 e. The molecule has 0 spiro atoms. The number of carbonyl (C=O) groups excluding carboxylic acids is 1. The van der Waals surface area contributed by atoms with Crippen molar-refractivity contribution in [2.24, 2.45) is 4.99 Å². The van der Waals surface area contributed by atoms with Gasteiger partial charge in [0.05, 0.1) is 13.2 Å². The van der Waals surface area contributed by atoms with Gasteiger partial charge in [0.2, 0.25) is 5.91 Å². The molecule has 1 amide bonds. The SMILES string of the molecule is COCCNC(=NCC(=O)N(C)C)NCc1cccs1.I. The van der Waals surface area contributed by atoms with Crippen LogP contribution in [0.3, 0.4) is 0 Å². The van der Waals surface area contributed by atoms with Crippen LogP contribution in [0.15, 0.2) is 22.5 Å². The minimum absolute atomic E-state index is 0. The number of halogens is 1. The second-order valence-electron chi connectivity index (χ2n) is 4.31. The zero-order valence-corrected chi connectivity index (χ0v) is 15.7. The minimum atomic E-state index is -0.0334. The highest BCUT2D eigenvalue weighted by Crippen LogP contribution is 2.07. The Labute approximate surface area is 147 Å². The first-order valence-electron chi connectivity index (χ1n) is 6.37. The van der Waals surface area contributed by atoms with Crippen LogP contribution in [0.1, 0.15) is 4.88 Å². The van der Waals surface area contributed by atoms with E-state index in [0.717, 1.165) is 0 Å². The van der Waals surface area contributed by atoms with E-state index in [9.17, 15) is 4.79 Å². The summed E-state index contributed by atoms with van der Waals surface area (Å²) >= 11 is 1.68. The van der Waals surface area contributed by atoms with Crippen LogP contribution in [0.5, 0.6) is 0 Å². The Morgan fingerprint density at radius 1 is 1.43 bits per heavy atom. The fourth-order valence-electron chi connectivity index (χ4n) is 1.32. The first kappa shape index (κ1) is 20.1. The summed E-state index contributed by atoms with van der Waals surface area (Å²) in [4.78, 5) is 18.6. The summed E-state index contributed by atoms with van der Waals surface area (Å²) in [7, 11) is 5.08. The van der Waals surface area contributed by atoms with Crippen LogP contribution in [-0.2, 0) is 16.1 Å². The highest BCUT2D eigenvalue weighted by atomic mass is 127. The van der Waals surface area contributed by atoms with Gasteiger partial charge >= 0.3 is 0 Å². The molecule has 1 aromatic rings. The molecule has 1 heterocycles. The number of nitrogens with zero attached hydrogens (tertiary/aromatic N) is 2. The molecule has 21 heavy (non-hydrogen) atoms. The predicted octanol–water partition coefficient (Wildman–Crippen LogP) is 1.14. The average Bonchev–Trinajstić information content (AvgIpc) is 2.94. The zero-order chi connectivity index (χ0) is 14.8. The monoisotopic (exact) mass is 426 g/mol. The van der Waals surface area contributed by atoms with Crippen LogP contribution in [0.25, 0.3) is 0 Å². The number of hydrogen-bond acceptors (Lipinski definition) is 4. The lowest BCUT2D eigenvalue weighted by atomic mass is 10.4. The summed E-state index contributed by atoms with van der Waals surface area (Å²) in [6, 6.07) is 4.06. The zero-order valence-electron chi connectivity index (χ0n) is 12.6. The molecule has 0 fully saturated rings. The lowest BCUT2D eigenvalue weighted by Gasteiger charge is -2.13. The first-order valence-corrected chi connectivity index (χ1v) is 7.25. The van der Waals surface area contributed by atoms with E-state index in [4.69, 9.17) is 4.74 Å². The predicted molar refractivity (Wildman–Crippen MR) is 97.4 cm³/mol. The standard InChI is InChI=1S/C13H22N4O2S.HI/c1-17(2)12(18)10-16-13(14-6-7-19-3)15-9-11-5-4-8-20-11;/h4-5,8H,6-7,9-10H2,1-3H3,(H2,14,15,16);1H. The average molecular weight is 426 g/mol. The fourth-order valence-corrected chi connectivity index (χ4v) is 1.96. The number of rotatable bonds is 7. The number of thiophene rings is 1. The van der Waals surface area contributed by atoms with E-state index in [1.165, 1.54) is 9.78 Å². The Morgan fingerprint density at radius 3 is 2.76 bits per heavy atom. The lowest BCUT2D eigenvalue weighted by molar-refractivity contribution is -0.127. The van der Waals surface area contributed by atoms with Crippen molar-refractivity contribution in [2.45, 2.75) is 6.54 Å². The van der Waals surface area contributed by atoms with Crippen LogP contribution in [0, 0.1) is 0 Å². The molecular formula is C13H23IN4O2S. The lowest BCUT2D eigenvalue weighted by Crippen LogP contribution is -2.39. The molecule has 0 aliphatic carbocycles. The Balaban J connectivity index is 0.00000400. The first-order chi connectivity index (χ1) is 9.63. The van der Waals surface area contributed by atoms with Crippen molar-refractivity contribution >= 4 is 47.2 Å². The smallest absolute Gasteiger partial charge is 0.243 e. The van der Waals surface area contributed by atoms with Gasteiger partial charge in [-0.25, -0.2) is 4.99 Å². The van der Waals surface area contributed by atoms with E-state index in [1.807, 2.05) is 11.4 Å². The molecule has 2 N–H and O–H groups in total. The van der Waals surface area contributed by atoms with Crippen molar-refractivity contribution in [1.29, 1.82) is 0 Å². The summed E-state index contributed by atoms with van der Waals surface area (Å²) in [6.45, 7) is 2.04. The van der Waals surface area contributed by atoms with Crippen molar-refractivity contribution in [3.8, 4) is 0 Å². The molecule has 8 heteroatoms. The Morgan fingerprint density at radius 2 is 2.19 bits per heavy atom. The molecular weight excluding hydrogens is 403 g/mol. The summed E-state index contributed by atoms with van der Waals surface area (Å²) in [5, 5.41) is 8.35. The van der Waals surface area contributed by atoms with Gasteiger partial charge in [-0.2, -0.15) is 0 Å². The van der Waals surface area contributed by atoms with Gasteiger partial charge in [-0.05, 0) is 11.4 Å². The highest BCUT2D eigenvalue weighted by molar-refractivity contribution is 14.0. The van der Waals surface area contributed by atoms with Gasteiger partial charge in [-0.1, -0.05) is 6.07 Å². The van der Waals surface area contributed by atoms with Gasteiger partial charge in [-0.3, -0.25) is 4.79 Å². The second-order valence-corrected chi connectivity index (χ2v) is 5.34. The number of guanidine groups is 1. The van der Waals surface area contributed by atoms with Gasteiger partial charge < -0.3 is 20.3 Å². The van der Waals surface area contributed by atoms with Crippen LogP contribution in [0.2, 0.25) is 0 Å². The normalized spacial score (nSPS) is 10.7. The summed E-state index contributed by atoms with van der Waals surface area (Å²) in [5.74, 6) is 0.583. The second kappa shape index (κ2) is 11.8. The van der Waals surface area contributed by atoms with Gasteiger partial charge in [-0.15, -0.1) is 35.3 Å². The van der Waals surface area contributed by atoms with Crippen molar-refractivity contribution < 1.29 is 9.53 Å². The highest BCUT2D eigenvalue weighted by Gasteiger charge is 2.04. The minimum Gasteiger partial charge on any atom is -0.383 e. The van der Waals surface area contributed by atoms with E-state index < -0.39 is 0 Å². The quantitative estimate of drug-likeness (QED) is 0.297. The van der Waals surface area contributed by atoms with Gasteiger partial charge in [0.1, 0.15) is 6.54 Å². The number of ether oxygens (including phenoxy) is 1. The molecule has 120 valence electrons. The van der Waals surface area contributed by atoms with Crippen LogP contribution in [-0.4, -0.2) is 57.7 Å². The maximum atomic E-state index is 11.6. The van der Waals surface area contributed by atoms with E-state index in [2.05, 4.69) is 21.7 Å². The third-order valence-corrected chi connectivity index (χ3v) is 3.36. The van der Waals surface area contributed by atoms with Crippen molar-refractivity contribution in [1.82, 2.24) is 15.5 Å². The molecule has 0 aliphatic rings. The molecule has 0 aliphatic heterocycles. The van der Waals surface area contributed by atoms with E-state index in [0.29, 0.717) is 25.7 Å². The number of carbonyl (C=O) groups is 1. The number of hydrogen-bond donors (Lipinski definition) is 2. The van der Waals surface area contributed by atoms with Gasteiger partial charge in [0, 0.05) is 32.6 Å². The molecule has 6 nitrogen and oxygen atoms in total. The summed E-state index contributed by atoms with van der Waals surface area (Å²) < 4.78 is 4.99. The van der Waals surface area contributed by atoms with Crippen molar-refractivity contribution in [2.75, 3.05) is 40.9 Å². The maximum Gasteiger partial charge on any atom is 0.243 e. The maximum absolute atomic E-state index is 11.6. The molecule has 0 aromatic carbocycles. The molecule has 0 atom stereocenters. The molecule has 1 rings (SSSR count). The summed E-state index contributed by atoms with van der Waals surface area (Å²) in [5.41, 5.74) is 0.